The van der Waals surface area contributed by atoms with E-state index in [1.807, 2.05) is 42.7 Å². The molecule has 0 aliphatic rings. The first-order chi connectivity index (χ1) is 8.83. The van der Waals surface area contributed by atoms with E-state index in [-0.39, 0.29) is 0 Å². The largest absolute Gasteiger partial charge is 0.379 e. The molecule has 0 saturated heterocycles. The number of H-pyrrole nitrogens is 1. The van der Waals surface area contributed by atoms with Gasteiger partial charge in [-0.3, -0.25) is 4.98 Å². The molecule has 0 saturated carbocycles. The highest BCUT2D eigenvalue weighted by Crippen LogP contribution is 2.26. The predicted octanol–water partition coefficient (Wildman–Crippen LogP) is 3.83. The molecule has 0 aliphatic heterocycles. The minimum absolute atomic E-state index is 0.715. The van der Waals surface area contributed by atoms with Crippen molar-refractivity contribution in [2.75, 3.05) is 5.32 Å². The van der Waals surface area contributed by atoms with Crippen molar-refractivity contribution in [3.05, 3.63) is 59.5 Å². The van der Waals surface area contributed by atoms with Crippen molar-refractivity contribution in [1.82, 2.24) is 9.97 Å². The average Bonchev–Trinajstić information content (AvgIpc) is 2.89. The maximum atomic E-state index is 6.11. The van der Waals surface area contributed by atoms with Gasteiger partial charge in [0, 0.05) is 35.5 Å². The molecule has 0 atom stereocenters. The van der Waals surface area contributed by atoms with Gasteiger partial charge in [-0.15, -0.1) is 0 Å². The van der Waals surface area contributed by atoms with Crippen molar-refractivity contribution in [1.29, 1.82) is 0 Å². The average molecular weight is 258 g/mol. The molecule has 0 amide bonds. The van der Waals surface area contributed by atoms with Gasteiger partial charge in [0.1, 0.15) is 0 Å². The summed E-state index contributed by atoms with van der Waals surface area (Å²) in [6.45, 7) is 0.746. The van der Waals surface area contributed by atoms with E-state index in [2.05, 4.69) is 15.3 Å². The Bertz CT molecular complexity index is 662. The zero-order valence-corrected chi connectivity index (χ0v) is 10.4. The fourth-order valence-electron chi connectivity index (χ4n) is 1.96. The minimum atomic E-state index is 0.715. The summed E-state index contributed by atoms with van der Waals surface area (Å²) in [5.41, 5.74) is 3.09. The van der Waals surface area contributed by atoms with E-state index in [4.69, 9.17) is 11.6 Å². The van der Waals surface area contributed by atoms with Crippen LogP contribution in [0.3, 0.4) is 0 Å². The van der Waals surface area contributed by atoms with Crippen molar-refractivity contribution in [2.45, 2.75) is 6.54 Å². The molecule has 2 N–H and O–H groups in total. The second kappa shape index (κ2) is 4.70. The first-order valence-electron chi connectivity index (χ1n) is 5.73. The number of hydrogen-bond donors (Lipinski definition) is 2. The van der Waals surface area contributed by atoms with Crippen LogP contribution in [0, 0.1) is 0 Å². The lowest BCUT2D eigenvalue weighted by Gasteiger charge is -2.09. The Labute approximate surface area is 110 Å². The van der Waals surface area contributed by atoms with Gasteiger partial charge in [-0.25, -0.2) is 0 Å². The van der Waals surface area contributed by atoms with E-state index in [0.717, 1.165) is 23.1 Å². The molecule has 0 bridgehead atoms. The third-order valence-corrected chi connectivity index (χ3v) is 3.03. The summed E-state index contributed by atoms with van der Waals surface area (Å²) in [5.74, 6) is 0. The number of halogens is 1. The summed E-state index contributed by atoms with van der Waals surface area (Å²) in [7, 11) is 0. The molecular weight excluding hydrogens is 246 g/mol. The molecule has 0 unspecified atom stereocenters. The molecule has 2 aromatic heterocycles. The summed E-state index contributed by atoms with van der Waals surface area (Å²) in [5, 5.41) is 5.12. The molecule has 1 aromatic carbocycles. The first-order valence-corrected chi connectivity index (χ1v) is 6.10. The van der Waals surface area contributed by atoms with Gasteiger partial charge >= 0.3 is 0 Å². The van der Waals surface area contributed by atoms with Crippen molar-refractivity contribution in [3.63, 3.8) is 0 Å². The van der Waals surface area contributed by atoms with Crippen LogP contribution >= 0.6 is 11.6 Å². The van der Waals surface area contributed by atoms with Crippen LogP contribution in [0.25, 0.3) is 10.9 Å². The van der Waals surface area contributed by atoms with Crippen molar-refractivity contribution >= 4 is 28.2 Å². The monoisotopic (exact) mass is 257 g/mol. The summed E-state index contributed by atoms with van der Waals surface area (Å²) >= 11 is 6.11. The van der Waals surface area contributed by atoms with Crippen molar-refractivity contribution in [2.24, 2.45) is 0 Å². The van der Waals surface area contributed by atoms with Gasteiger partial charge in [0.15, 0.2) is 0 Å². The lowest BCUT2D eigenvalue weighted by atomic mass is 10.2. The molecule has 0 spiro atoms. The van der Waals surface area contributed by atoms with Crippen LogP contribution in [0.5, 0.6) is 0 Å². The van der Waals surface area contributed by atoms with Gasteiger partial charge in [-0.2, -0.15) is 0 Å². The Morgan fingerprint density at radius 3 is 3.06 bits per heavy atom. The zero-order valence-electron chi connectivity index (χ0n) is 9.65. The van der Waals surface area contributed by atoms with Gasteiger partial charge in [-0.1, -0.05) is 17.7 Å². The normalized spacial score (nSPS) is 10.7. The van der Waals surface area contributed by atoms with Crippen LogP contribution in [0.1, 0.15) is 5.56 Å². The molecule has 3 aromatic rings. The second-order valence-corrected chi connectivity index (χ2v) is 4.54. The Morgan fingerprint density at radius 1 is 1.28 bits per heavy atom. The highest BCUT2D eigenvalue weighted by molar-refractivity contribution is 6.31. The lowest BCUT2D eigenvalue weighted by molar-refractivity contribution is 1.15. The summed E-state index contributed by atoms with van der Waals surface area (Å²) < 4.78 is 0. The molecule has 0 radical (unpaired) electrons. The van der Waals surface area contributed by atoms with E-state index in [9.17, 15) is 0 Å². The van der Waals surface area contributed by atoms with Crippen LogP contribution in [0.4, 0.5) is 5.69 Å². The molecule has 18 heavy (non-hydrogen) atoms. The van der Waals surface area contributed by atoms with E-state index in [1.165, 1.54) is 5.56 Å². The highest BCUT2D eigenvalue weighted by atomic mass is 35.5. The first kappa shape index (κ1) is 11.1. The highest BCUT2D eigenvalue weighted by Gasteiger charge is 2.04. The number of anilines is 1. The maximum Gasteiger partial charge on any atom is 0.0934 e. The van der Waals surface area contributed by atoms with Crippen LogP contribution in [-0.2, 0) is 6.54 Å². The maximum absolute atomic E-state index is 6.11. The fraction of sp³-hybridized carbons (Fsp3) is 0.0714. The Hall–Kier alpha value is -2.00. The van der Waals surface area contributed by atoms with Crippen molar-refractivity contribution < 1.29 is 0 Å². The van der Waals surface area contributed by atoms with Crippen LogP contribution in [-0.4, -0.2) is 9.97 Å². The Balaban J connectivity index is 1.95. The third kappa shape index (κ3) is 2.17. The van der Waals surface area contributed by atoms with E-state index < -0.39 is 0 Å². The molecular formula is C14H12ClN3. The van der Waals surface area contributed by atoms with Gasteiger partial charge in [-0.05, 0) is 29.8 Å². The number of benzene rings is 1. The van der Waals surface area contributed by atoms with E-state index >= 15 is 0 Å². The van der Waals surface area contributed by atoms with Crippen LogP contribution < -0.4 is 5.32 Å². The second-order valence-electron chi connectivity index (χ2n) is 4.10. The molecule has 0 fully saturated rings. The standard InChI is InChI=1S/C14H12ClN3/c15-12-6-11-2-1-4-17-14(11)13(7-12)18-9-10-3-5-16-8-10/h1-8,16,18H,9H2. The molecule has 3 nitrogen and oxygen atoms in total. The number of nitrogens with zero attached hydrogens (tertiary/aromatic N) is 1. The number of nitrogens with one attached hydrogen (secondary N) is 2. The smallest absolute Gasteiger partial charge is 0.0934 e. The van der Waals surface area contributed by atoms with Crippen LogP contribution in [0.15, 0.2) is 48.9 Å². The van der Waals surface area contributed by atoms with Crippen LogP contribution in [0.2, 0.25) is 5.02 Å². The number of hydrogen-bond acceptors (Lipinski definition) is 2. The molecule has 0 aliphatic carbocycles. The van der Waals surface area contributed by atoms with Gasteiger partial charge in [0.05, 0.1) is 11.2 Å². The Kier molecular flexibility index (Phi) is 2.90. The molecule has 2 heterocycles. The number of fused-ring (bicyclic) bond motifs is 1. The zero-order chi connectivity index (χ0) is 12.4. The molecule has 4 heteroatoms. The topological polar surface area (TPSA) is 40.7 Å². The lowest BCUT2D eigenvalue weighted by Crippen LogP contribution is -1.99. The quantitative estimate of drug-likeness (QED) is 0.749. The predicted molar refractivity (Wildman–Crippen MR) is 74.9 cm³/mol. The van der Waals surface area contributed by atoms with Gasteiger partial charge < -0.3 is 10.3 Å². The summed E-state index contributed by atoms with van der Waals surface area (Å²) in [6.07, 6.45) is 5.66. The van der Waals surface area contributed by atoms with E-state index in [0.29, 0.717) is 5.02 Å². The number of pyridine rings is 1. The fourth-order valence-corrected chi connectivity index (χ4v) is 2.18. The number of aromatic nitrogens is 2. The number of aromatic amines is 1. The third-order valence-electron chi connectivity index (χ3n) is 2.81. The molecule has 90 valence electrons. The summed E-state index contributed by atoms with van der Waals surface area (Å²) in [4.78, 5) is 7.43. The SMILES string of the molecule is Clc1cc(NCc2cc[nH]c2)c2ncccc2c1. The van der Waals surface area contributed by atoms with Crippen molar-refractivity contribution in [3.8, 4) is 0 Å². The molecule has 3 rings (SSSR count). The number of rotatable bonds is 3. The van der Waals surface area contributed by atoms with E-state index in [1.54, 1.807) is 6.20 Å². The minimum Gasteiger partial charge on any atom is -0.379 e. The van der Waals surface area contributed by atoms with Gasteiger partial charge in [0.2, 0.25) is 0 Å². The van der Waals surface area contributed by atoms with Gasteiger partial charge in [0.25, 0.3) is 0 Å². The summed E-state index contributed by atoms with van der Waals surface area (Å²) in [6, 6.07) is 9.78. The Morgan fingerprint density at radius 2 is 2.22 bits per heavy atom.